The lowest BCUT2D eigenvalue weighted by Gasteiger charge is -2.26. The summed E-state index contributed by atoms with van der Waals surface area (Å²) in [6.45, 7) is 4.40. The van der Waals surface area contributed by atoms with Gasteiger partial charge < -0.3 is 29.0 Å². The van der Waals surface area contributed by atoms with Crippen LogP contribution in [0.3, 0.4) is 0 Å². The number of benzene rings is 2. The van der Waals surface area contributed by atoms with Gasteiger partial charge in [-0.25, -0.2) is 0 Å². The van der Waals surface area contributed by atoms with Crippen molar-refractivity contribution in [2.24, 2.45) is 0 Å². The summed E-state index contributed by atoms with van der Waals surface area (Å²) in [4.78, 5) is 27.7. The number of rotatable bonds is 9. The second-order valence-corrected chi connectivity index (χ2v) is 8.41. The van der Waals surface area contributed by atoms with E-state index >= 15 is 0 Å². The van der Waals surface area contributed by atoms with Gasteiger partial charge in [0.25, 0.3) is 11.7 Å². The molecule has 0 aromatic heterocycles. The molecule has 10 heteroatoms. The Hall–Kier alpha value is -3.10. The number of nitrogens with zero attached hydrogens (tertiary/aromatic N) is 1. The van der Waals surface area contributed by atoms with Gasteiger partial charge in [-0.1, -0.05) is 36.2 Å². The summed E-state index contributed by atoms with van der Waals surface area (Å²) in [6.07, 6.45) is 0.599. The van der Waals surface area contributed by atoms with Crippen molar-refractivity contribution in [3.05, 3.63) is 51.0 Å². The minimum Gasteiger partial charge on any atom is -0.507 e. The van der Waals surface area contributed by atoms with Gasteiger partial charge in [0, 0.05) is 6.54 Å². The third-order valence-electron chi connectivity index (χ3n) is 5.60. The van der Waals surface area contributed by atoms with Crippen molar-refractivity contribution in [2.75, 3.05) is 34.5 Å². The number of likely N-dealkylation sites (tertiary alicyclic amines) is 1. The van der Waals surface area contributed by atoms with Crippen LogP contribution in [0, 0.1) is 0 Å². The zero-order chi connectivity index (χ0) is 25.9. The van der Waals surface area contributed by atoms with Crippen LogP contribution in [-0.4, -0.2) is 56.2 Å². The standard InChI is InChI=1S/C25H27Cl2NO7/c1-6-10-28-20(13-8-9-16(32-3)17(11-13)35-7-2)18(22(30)25(28)31)21(29)14-12-15(26)24(34-5)19(27)23(14)33-4/h8-9,11-12,20,29H,6-7,10H2,1-5H3/b21-18+. The van der Waals surface area contributed by atoms with Crippen LogP contribution in [0.5, 0.6) is 23.0 Å². The van der Waals surface area contributed by atoms with Gasteiger partial charge in [0.05, 0.1) is 50.1 Å². The maximum atomic E-state index is 13.2. The van der Waals surface area contributed by atoms with E-state index in [2.05, 4.69) is 0 Å². The van der Waals surface area contributed by atoms with Crippen LogP contribution in [0.25, 0.3) is 5.76 Å². The van der Waals surface area contributed by atoms with Crippen molar-refractivity contribution in [1.82, 2.24) is 4.90 Å². The number of hydrogen-bond acceptors (Lipinski definition) is 7. The highest BCUT2D eigenvalue weighted by Gasteiger charge is 2.46. The van der Waals surface area contributed by atoms with E-state index in [4.69, 9.17) is 42.1 Å². The Kier molecular flexibility index (Phi) is 8.40. The van der Waals surface area contributed by atoms with E-state index < -0.39 is 23.5 Å². The van der Waals surface area contributed by atoms with E-state index in [1.54, 1.807) is 18.2 Å². The third kappa shape index (κ3) is 4.73. The van der Waals surface area contributed by atoms with E-state index in [9.17, 15) is 14.7 Å². The smallest absolute Gasteiger partial charge is 0.295 e. The molecule has 188 valence electrons. The fraction of sp³-hybridized carbons (Fsp3) is 0.360. The maximum Gasteiger partial charge on any atom is 0.295 e. The number of carbonyl (C=O) groups is 2. The molecule has 1 atom stereocenters. The Morgan fingerprint density at radius 3 is 2.26 bits per heavy atom. The zero-order valence-corrected chi connectivity index (χ0v) is 21.6. The number of methoxy groups -OCH3 is 3. The molecule has 1 heterocycles. The number of aliphatic hydroxyl groups is 1. The second-order valence-electron chi connectivity index (χ2n) is 7.62. The first-order chi connectivity index (χ1) is 16.7. The largest absolute Gasteiger partial charge is 0.507 e. The molecule has 1 amide bonds. The second kappa shape index (κ2) is 11.1. The molecule has 0 spiro atoms. The van der Waals surface area contributed by atoms with Gasteiger partial charge in [0.15, 0.2) is 23.0 Å². The van der Waals surface area contributed by atoms with E-state index in [-0.39, 0.29) is 32.7 Å². The molecule has 1 aliphatic heterocycles. The molecule has 1 N–H and O–H groups in total. The number of ether oxygens (including phenoxy) is 4. The average molecular weight is 524 g/mol. The van der Waals surface area contributed by atoms with Gasteiger partial charge in [-0.05, 0) is 37.1 Å². The van der Waals surface area contributed by atoms with Gasteiger partial charge in [0.1, 0.15) is 10.8 Å². The van der Waals surface area contributed by atoms with Crippen LogP contribution in [0.2, 0.25) is 10.0 Å². The molecule has 3 rings (SSSR count). The van der Waals surface area contributed by atoms with Crippen LogP contribution >= 0.6 is 23.2 Å². The number of ketones is 1. The van der Waals surface area contributed by atoms with E-state index in [0.717, 1.165) is 0 Å². The molecule has 8 nitrogen and oxygen atoms in total. The van der Waals surface area contributed by atoms with Gasteiger partial charge in [0.2, 0.25) is 0 Å². The molecule has 1 unspecified atom stereocenters. The average Bonchev–Trinajstić information content (AvgIpc) is 3.09. The first-order valence-electron chi connectivity index (χ1n) is 10.9. The molecule has 0 radical (unpaired) electrons. The van der Waals surface area contributed by atoms with Crippen molar-refractivity contribution in [2.45, 2.75) is 26.3 Å². The maximum absolute atomic E-state index is 13.2. The number of Topliss-reactive ketones (excluding diaryl/α,β-unsaturated/α-hetero) is 1. The summed E-state index contributed by atoms with van der Waals surface area (Å²) in [7, 11) is 4.27. The van der Waals surface area contributed by atoms with E-state index in [1.807, 2.05) is 13.8 Å². The molecule has 1 aliphatic rings. The van der Waals surface area contributed by atoms with Crippen LogP contribution < -0.4 is 18.9 Å². The Bertz CT molecular complexity index is 1180. The lowest BCUT2D eigenvalue weighted by Crippen LogP contribution is -2.30. The number of aliphatic hydroxyl groups excluding tert-OH is 1. The summed E-state index contributed by atoms with van der Waals surface area (Å²) < 4.78 is 21.7. The monoisotopic (exact) mass is 523 g/mol. The van der Waals surface area contributed by atoms with Crippen molar-refractivity contribution < 1.29 is 33.6 Å². The molecular weight excluding hydrogens is 497 g/mol. The molecule has 0 bridgehead atoms. The van der Waals surface area contributed by atoms with Crippen LogP contribution in [-0.2, 0) is 9.59 Å². The normalized spacial score (nSPS) is 17.0. The highest BCUT2D eigenvalue weighted by Crippen LogP contribution is 2.47. The van der Waals surface area contributed by atoms with Gasteiger partial charge >= 0.3 is 0 Å². The van der Waals surface area contributed by atoms with Crippen LogP contribution in [0.4, 0.5) is 0 Å². The predicted octanol–water partition coefficient (Wildman–Crippen LogP) is 5.25. The summed E-state index contributed by atoms with van der Waals surface area (Å²) >= 11 is 12.7. The SMILES string of the molecule is CCCN1C(=O)C(=O)/C(=C(/O)c2cc(Cl)c(OC)c(Cl)c2OC)C1c1ccc(OC)c(OCC)c1. The number of amides is 1. The Balaban J connectivity index is 2.31. The Morgan fingerprint density at radius 2 is 1.69 bits per heavy atom. The quantitative estimate of drug-likeness (QED) is 0.272. The topological polar surface area (TPSA) is 94.5 Å². The van der Waals surface area contributed by atoms with Crippen LogP contribution in [0.1, 0.15) is 37.4 Å². The summed E-state index contributed by atoms with van der Waals surface area (Å²) in [5.74, 6) is -0.876. The summed E-state index contributed by atoms with van der Waals surface area (Å²) in [5.41, 5.74) is 0.501. The Labute approximate surface area is 213 Å². The minimum atomic E-state index is -0.885. The summed E-state index contributed by atoms with van der Waals surface area (Å²) in [5, 5.41) is 11.5. The lowest BCUT2D eigenvalue weighted by atomic mass is 9.94. The van der Waals surface area contributed by atoms with Crippen molar-refractivity contribution in [3.63, 3.8) is 0 Å². The fourth-order valence-corrected chi connectivity index (χ4v) is 4.81. The number of hydrogen-bond donors (Lipinski definition) is 1. The van der Waals surface area contributed by atoms with Crippen molar-refractivity contribution in [1.29, 1.82) is 0 Å². The molecule has 35 heavy (non-hydrogen) atoms. The lowest BCUT2D eigenvalue weighted by molar-refractivity contribution is -0.139. The number of halogens is 2. The molecule has 0 aliphatic carbocycles. The first kappa shape index (κ1) is 26.5. The minimum absolute atomic E-state index is 0.0199. The molecule has 1 saturated heterocycles. The molecule has 0 saturated carbocycles. The van der Waals surface area contributed by atoms with E-state index in [0.29, 0.717) is 36.6 Å². The van der Waals surface area contributed by atoms with Crippen molar-refractivity contribution >= 4 is 40.7 Å². The fourth-order valence-electron chi connectivity index (χ4n) is 4.12. The Morgan fingerprint density at radius 1 is 1.00 bits per heavy atom. The van der Waals surface area contributed by atoms with Gasteiger partial charge in [-0.2, -0.15) is 0 Å². The molecule has 2 aromatic carbocycles. The number of carbonyl (C=O) groups excluding carboxylic acids is 2. The van der Waals surface area contributed by atoms with Gasteiger partial charge in [-0.15, -0.1) is 0 Å². The molecule has 1 fully saturated rings. The molecule has 2 aromatic rings. The van der Waals surface area contributed by atoms with Gasteiger partial charge in [-0.3, -0.25) is 9.59 Å². The van der Waals surface area contributed by atoms with Crippen molar-refractivity contribution in [3.8, 4) is 23.0 Å². The first-order valence-corrected chi connectivity index (χ1v) is 11.7. The third-order valence-corrected chi connectivity index (χ3v) is 6.23. The zero-order valence-electron chi connectivity index (χ0n) is 20.1. The van der Waals surface area contributed by atoms with Crippen LogP contribution in [0.15, 0.2) is 29.8 Å². The highest BCUT2D eigenvalue weighted by atomic mass is 35.5. The predicted molar refractivity (Wildman–Crippen MR) is 133 cm³/mol. The highest BCUT2D eigenvalue weighted by molar-refractivity contribution is 6.47. The molecular formula is C25H27Cl2NO7. The van der Waals surface area contributed by atoms with E-state index in [1.165, 1.54) is 32.3 Å². The summed E-state index contributed by atoms with van der Waals surface area (Å²) in [6, 6.07) is 5.60.